The van der Waals surface area contributed by atoms with Crippen LogP contribution in [0.3, 0.4) is 0 Å². The van der Waals surface area contributed by atoms with Gasteiger partial charge in [-0.15, -0.1) is 0 Å². The highest BCUT2D eigenvalue weighted by Gasteiger charge is 2.03. The van der Waals surface area contributed by atoms with Gasteiger partial charge < -0.3 is 4.74 Å². The highest BCUT2D eigenvalue weighted by molar-refractivity contribution is 6.35. The average molecular weight is 370 g/mol. The SMILES string of the molecule is Cc1ccccc1N=Cc1cccc(OCc2ccc(Cl)cc2Cl)c1. The maximum Gasteiger partial charge on any atom is 0.120 e. The Labute approximate surface area is 157 Å². The highest BCUT2D eigenvalue weighted by atomic mass is 35.5. The molecule has 0 unspecified atom stereocenters. The first-order valence-corrected chi connectivity index (χ1v) is 8.64. The smallest absolute Gasteiger partial charge is 0.120 e. The molecule has 0 aliphatic rings. The predicted octanol–water partition coefficient (Wildman–Crippen LogP) is 6.63. The number of nitrogens with zero attached hydrogens (tertiary/aromatic N) is 1. The van der Waals surface area contributed by atoms with Crippen LogP contribution in [0.25, 0.3) is 0 Å². The zero-order valence-electron chi connectivity index (χ0n) is 13.7. The van der Waals surface area contributed by atoms with Crippen LogP contribution < -0.4 is 4.74 Å². The summed E-state index contributed by atoms with van der Waals surface area (Å²) in [5.41, 5.74) is 3.97. The number of aliphatic imine (C=N–C) groups is 1. The van der Waals surface area contributed by atoms with E-state index in [9.17, 15) is 0 Å². The van der Waals surface area contributed by atoms with Crippen molar-refractivity contribution in [2.24, 2.45) is 4.99 Å². The van der Waals surface area contributed by atoms with E-state index >= 15 is 0 Å². The van der Waals surface area contributed by atoms with Crippen LogP contribution in [0, 0.1) is 6.92 Å². The van der Waals surface area contributed by atoms with Crippen LogP contribution in [-0.2, 0) is 6.61 Å². The Morgan fingerprint density at radius 3 is 2.60 bits per heavy atom. The largest absolute Gasteiger partial charge is 0.489 e. The van der Waals surface area contributed by atoms with Crippen molar-refractivity contribution in [1.82, 2.24) is 0 Å². The molecule has 4 heteroatoms. The standard InChI is InChI=1S/C21H17Cl2NO/c1-15-5-2-3-8-21(15)24-13-16-6-4-7-19(11-16)25-14-17-9-10-18(22)12-20(17)23/h2-13H,14H2,1H3. The molecule has 0 saturated heterocycles. The maximum atomic E-state index is 6.17. The lowest BCUT2D eigenvalue weighted by Gasteiger charge is -2.08. The van der Waals surface area contributed by atoms with Gasteiger partial charge in [-0.2, -0.15) is 0 Å². The molecule has 0 fully saturated rings. The zero-order chi connectivity index (χ0) is 17.6. The van der Waals surface area contributed by atoms with Crippen LogP contribution in [0.15, 0.2) is 71.7 Å². The molecule has 0 amide bonds. The summed E-state index contributed by atoms with van der Waals surface area (Å²) in [5, 5.41) is 1.22. The molecule has 0 spiro atoms. The molecule has 0 atom stereocenters. The van der Waals surface area contributed by atoms with Gasteiger partial charge in [0.05, 0.1) is 5.69 Å². The van der Waals surface area contributed by atoms with E-state index in [1.165, 1.54) is 0 Å². The number of halogens is 2. The summed E-state index contributed by atoms with van der Waals surface area (Å²) in [5.74, 6) is 0.764. The molecule has 0 radical (unpaired) electrons. The molecule has 3 rings (SSSR count). The molecule has 0 saturated carbocycles. The summed E-state index contributed by atoms with van der Waals surface area (Å²) < 4.78 is 5.84. The molecule has 126 valence electrons. The molecule has 0 N–H and O–H groups in total. The number of aryl methyl sites for hydroxylation is 1. The molecular weight excluding hydrogens is 353 g/mol. The van der Waals surface area contributed by atoms with E-state index in [1.54, 1.807) is 12.1 Å². The number of hydrogen-bond acceptors (Lipinski definition) is 2. The fourth-order valence-electron chi connectivity index (χ4n) is 2.34. The Hall–Kier alpha value is -2.29. The van der Waals surface area contributed by atoms with Gasteiger partial charge >= 0.3 is 0 Å². The number of para-hydroxylation sites is 1. The van der Waals surface area contributed by atoms with Crippen molar-refractivity contribution >= 4 is 35.1 Å². The second kappa shape index (κ2) is 8.19. The van der Waals surface area contributed by atoms with E-state index in [1.807, 2.05) is 67.7 Å². The van der Waals surface area contributed by atoms with Gasteiger partial charge in [0.1, 0.15) is 12.4 Å². The minimum Gasteiger partial charge on any atom is -0.489 e. The van der Waals surface area contributed by atoms with Crippen LogP contribution in [0.2, 0.25) is 10.0 Å². The molecular formula is C21H17Cl2NO. The average Bonchev–Trinajstić information content (AvgIpc) is 2.61. The zero-order valence-corrected chi connectivity index (χ0v) is 15.3. The topological polar surface area (TPSA) is 21.6 Å². The van der Waals surface area contributed by atoms with E-state index < -0.39 is 0 Å². The molecule has 0 aliphatic heterocycles. The van der Waals surface area contributed by atoms with Crippen molar-refractivity contribution < 1.29 is 4.74 Å². The van der Waals surface area contributed by atoms with Crippen molar-refractivity contribution in [2.75, 3.05) is 0 Å². The number of hydrogen-bond donors (Lipinski definition) is 0. The van der Waals surface area contributed by atoms with Crippen LogP contribution in [0.5, 0.6) is 5.75 Å². The van der Waals surface area contributed by atoms with Gasteiger partial charge in [-0.3, -0.25) is 4.99 Å². The van der Waals surface area contributed by atoms with E-state index in [0.717, 1.165) is 28.1 Å². The Morgan fingerprint density at radius 1 is 0.960 bits per heavy atom. The van der Waals surface area contributed by atoms with E-state index in [-0.39, 0.29) is 0 Å². The molecule has 3 aromatic rings. The summed E-state index contributed by atoms with van der Waals surface area (Å²) in [6, 6.07) is 21.2. The first kappa shape index (κ1) is 17.5. The normalized spacial score (nSPS) is 11.0. The first-order valence-electron chi connectivity index (χ1n) is 7.88. The third-order valence-corrected chi connectivity index (χ3v) is 4.32. The van der Waals surface area contributed by atoms with Crippen molar-refractivity contribution in [1.29, 1.82) is 0 Å². The fraction of sp³-hybridized carbons (Fsp3) is 0.0952. The molecule has 3 aromatic carbocycles. The van der Waals surface area contributed by atoms with Crippen molar-refractivity contribution in [3.63, 3.8) is 0 Å². The first-order chi connectivity index (χ1) is 12.1. The predicted molar refractivity (Wildman–Crippen MR) is 106 cm³/mol. The molecule has 0 bridgehead atoms. The van der Waals surface area contributed by atoms with Gasteiger partial charge in [-0.25, -0.2) is 0 Å². The highest BCUT2D eigenvalue weighted by Crippen LogP contribution is 2.23. The van der Waals surface area contributed by atoms with Crippen molar-refractivity contribution in [3.8, 4) is 5.75 Å². The summed E-state index contributed by atoms with van der Waals surface area (Å²) in [4.78, 5) is 4.54. The molecule has 0 heterocycles. The Balaban J connectivity index is 1.70. The summed E-state index contributed by atoms with van der Waals surface area (Å²) in [7, 11) is 0. The number of benzene rings is 3. The fourth-order valence-corrected chi connectivity index (χ4v) is 2.80. The quantitative estimate of drug-likeness (QED) is 0.462. The Bertz CT molecular complexity index is 906. The number of rotatable bonds is 5. The second-order valence-corrected chi connectivity index (χ2v) is 6.49. The third-order valence-electron chi connectivity index (χ3n) is 3.74. The van der Waals surface area contributed by atoms with Gasteiger partial charge in [0.15, 0.2) is 0 Å². The second-order valence-electron chi connectivity index (χ2n) is 5.64. The Morgan fingerprint density at radius 2 is 1.80 bits per heavy atom. The van der Waals surface area contributed by atoms with Gasteiger partial charge in [0, 0.05) is 21.8 Å². The van der Waals surface area contributed by atoms with Crippen LogP contribution >= 0.6 is 23.2 Å². The summed E-state index contributed by atoms with van der Waals surface area (Å²) >= 11 is 12.1. The van der Waals surface area contributed by atoms with E-state index in [2.05, 4.69) is 4.99 Å². The molecule has 25 heavy (non-hydrogen) atoms. The number of ether oxygens (including phenoxy) is 1. The molecule has 0 aromatic heterocycles. The van der Waals surface area contributed by atoms with Gasteiger partial charge in [0.2, 0.25) is 0 Å². The van der Waals surface area contributed by atoms with Crippen molar-refractivity contribution in [3.05, 3.63) is 93.5 Å². The maximum absolute atomic E-state index is 6.17. The van der Waals surface area contributed by atoms with Crippen molar-refractivity contribution in [2.45, 2.75) is 13.5 Å². The summed E-state index contributed by atoms with van der Waals surface area (Å²) in [6.45, 7) is 2.43. The monoisotopic (exact) mass is 369 g/mol. The molecule has 0 aliphatic carbocycles. The van der Waals surface area contributed by atoms with E-state index in [4.69, 9.17) is 27.9 Å². The molecule has 2 nitrogen and oxygen atoms in total. The minimum absolute atomic E-state index is 0.383. The van der Waals surface area contributed by atoms with E-state index in [0.29, 0.717) is 16.7 Å². The van der Waals surface area contributed by atoms with Crippen LogP contribution in [0.1, 0.15) is 16.7 Å². The van der Waals surface area contributed by atoms with Crippen LogP contribution in [0.4, 0.5) is 5.69 Å². The lowest BCUT2D eigenvalue weighted by Crippen LogP contribution is -1.96. The van der Waals surface area contributed by atoms with Gasteiger partial charge in [-0.05, 0) is 48.4 Å². The minimum atomic E-state index is 0.383. The lowest BCUT2D eigenvalue weighted by molar-refractivity contribution is 0.306. The summed E-state index contributed by atoms with van der Waals surface area (Å²) in [6.07, 6.45) is 1.84. The van der Waals surface area contributed by atoms with Gasteiger partial charge in [-0.1, -0.05) is 59.6 Å². The van der Waals surface area contributed by atoms with Gasteiger partial charge in [0.25, 0.3) is 0 Å². The Kier molecular flexibility index (Phi) is 5.75. The third kappa shape index (κ3) is 4.85. The van der Waals surface area contributed by atoms with Crippen LogP contribution in [-0.4, -0.2) is 6.21 Å². The lowest BCUT2D eigenvalue weighted by atomic mass is 10.2.